The second kappa shape index (κ2) is 6.70. The third-order valence-corrected chi connectivity index (χ3v) is 4.87. The van der Waals surface area contributed by atoms with Gasteiger partial charge in [-0.2, -0.15) is 0 Å². The second-order valence-corrected chi connectivity index (χ2v) is 6.48. The minimum atomic E-state index is -0.359. The second-order valence-electron chi connectivity index (χ2n) is 6.48. The summed E-state index contributed by atoms with van der Waals surface area (Å²) in [4.78, 5) is 17.5. The Kier molecular flexibility index (Phi) is 4.66. The number of nitro benzene ring substituents is 1. The van der Waals surface area contributed by atoms with Crippen LogP contribution in [0.1, 0.15) is 6.42 Å². The highest BCUT2D eigenvalue weighted by Crippen LogP contribution is 2.35. The van der Waals surface area contributed by atoms with Crippen LogP contribution in [-0.4, -0.2) is 62.8 Å². The summed E-state index contributed by atoms with van der Waals surface area (Å²) in [6, 6.07) is 5.32. The van der Waals surface area contributed by atoms with Gasteiger partial charge in [-0.25, -0.2) is 0 Å². The predicted molar refractivity (Wildman–Crippen MR) is 89.1 cm³/mol. The Bertz CT molecular complexity index is 575. The summed E-state index contributed by atoms with van der Waals surface area (Å²) >= 11 is 0. The molecule has 0 saturated carbocycles. The van der Waals surface area contributed by atoms with Crippen molar-refractivity contribution in [3.05, 3.63) is 28.3 Å². The molecule has 2 saturated heterocycles. The average Bonchev–Trinajstić information content (AvgIpc) is 3.04. The number of alkyl halides is 1. The van der Waals surface area contributed by atoms with Gasteiger partial charge in [-0.3, -0.25) is 14.5 Å². The minimum Gasteiger partial charge on any atom is -0.369 e. The molecule has 0 spiro atoms. The van der Waals surface area contributed by atoms with E-state index in [1.807, 2.05) is 17.0 Å². The van der Waals surface area contributed by atoms with Crippen LogP contribution in [-0.2, 0) is 0 Å². The summed E-state index contributed by atoms with van der Waals surface area (Å²) in [7, 11) is 2.10. The first-order valence-electron chi connectivity index (χ1n) is 8.11. The van der Waals surface area contributed by atoms with Crippen LogP contribution in [0.4, 0.5) is 21.5 Å². The van der Waals surface area contributed by atoms with Crippen LogP contribution in [0.3, 0.4) is 0 Å². The first kappa shape index (κ1) is 16.0. The fraction of sp³-hybridized carbons (Fsp3) is 0.625. The quantitative estimate of drug-likeness (QED) is 0.628. The number of rotatable bonds is 4. The van der Waals surface area contributed by atoms with Gasteiger partial charge in [0.15, 0.2) is 0 Å². The number of hydrogen-bond donors (Lipinski definition) is 0. The third-order valence-electron chi connectivity index (χ3n) is 4.87. The van der Waals surface area contributed by atoms with Crippen LogP contribution >= 0.6 is 0 Å². The molecule has 1 atom stereocenters. The maximum absolute atomic E-state index is 12.9. The smallest absolute Gasteiger partial charge is 0.292 e. The molecule has 2 heterocycles. The lowest BCUT2D eigenvalue weighted by molar-refractivity contribution is -0.384. The Hall–Kier alpha value is -1.89. The summed E-state index contributed by atoms with van der Waals surface area (Å²) in [5, 5.41) is 11.3. The lowest BCUT2D eigenvalue weighted by atomic mass is 10.1. The molecule has 0 bridgehead atoms. The van der Waals surface area contributed by atoms with E-state index in [4.69, 9.17) is 0 Å². The van der Waals surface area contributed by atoms with Gasteiger partial charge in [0.1, 0.15) is 5.69 Å². The molecule has 1 aromatic rings. The van der Waals surface area contributed by atoms with Gasteiger partial charge in [0.25, 0.3) is 5.69 Å². The standard InChI is InChI=1S/C16H23FN4O2/c1-18-6-8-19(9-7-18)14-2-3-15(21(22)23)16(10-14)20-5-4-13(11-17)12-20/h2-3,10,13H,4-9,11-12H2,1H3. The number of likely N-dealkylation sites (N-methyl/N-ethyl adjacent to an activating group) is 1. The first-order valence-corrected chi connectivity index (χ1v) is 8.11. The van der Waals surface area contributed by atoms with Crippen molar-refractivity contribution in [1.29, 1.82) is 0 Å². The molecule has 0 aliphatic carbocycles. The molecule has 0 N–H and O–H groups in total. The Morgan fingerprint density at radius 2 is 1.96 bits per heavy atom. The van der Waals surface area contributed by atoms with Crippen molar-refractivity contribution in [3.63, 3.8) is 0 Å². The van der Waals surface area contributed by atoms with E-state index in [9.17, 15) is 14.5 Å². The SMILES string of the molecule is CN1CCN(c2ccc([N+](=O)[O-])c(N3CCC(CF)C3)c2)CC1. The van der Waals surface area contributed by atoms with E-state index in [2.05, 4.69) is 16.8 Å². The van der Waals surface area contributed by atoms with E-state index in [1.54, 1.807) is 6.07 Å². The molecule has 23 heavy (non-hydrogen) atoms. The molecule has 3 rings (SSSR count). The lowest BCUT2D eigenvalue weighted by Crippen LogP contribution is -2.44. The average molecular weight is 322 g/mol. The summed E-state index contributed by atoms with van der Waals surface area (Å²) < 4.78 is 12.9. The fourth-order valence-corrected chi connectivity index (χ4v) is 3.36. The Balaban J connectivity index is 1.86. The lowest BCUT2D eigenvalue weighted by Gasteiger charge is -2.34. The molecular formula is C16H23FN4O2. The Labute approximate surface area is 135 Å². The van der Waals surface area contributed by atoms with E-state index >= 15 is 0 Å². The van der Waals surface area contributed by atoms with Crippen LogP contribution in [0, 0.1) is 16.0 Å². The summed E-state index contributed by atoms with van der Waals surface area (Å²) in [5.74, 6) is -0.0121. The maximum Gasteiger partial charge on any atom is 0.292 e. The van der Waals surface area contributed by atoms with Gasteiger partial charge in [-0.1, -0.05) is 0 Å². The number of nitrogens with zero attached hydrogens (tertiary/aromatic N) is 4. The molecule has 0 radical (unpaired) electrons. The van der Waals surface area contributed by atoms with Crippen molar-refractivity contribution in [2.75, 3.05) is 62.8 Å². The molecule has 126 valence electrons. The van der Waals surface area contributed by atoms with E-state index in [1.165, 1.54) is 0 Å². The van der Waals surface area contributed by atoms with Crippen molar-refractivity contribution in [2.45, 2.75) is 6.42 Å². The topological polar surface area (TPSA) is 52.9 Å². The predicted octanol–water partition coefficient (Wildman–Crippen LogP) is 2.14. The van der Waals surface area contributed by atoms with Crippen molar-refractivity contribution in [1.82, 2.24) is 4.90 Å². The summed E-state index contributed by atoms with van der Waals surface area (Å²) in [6.07, 6.45) is 0.756. The number of benzene rings is 1. The van der Waals surface area contributed by atoms with Gasteiger partial charge in [-0.15, -0.1) is 0 Å². The minimum absolute atomic E-state index is 0.0121. The molecule has 1 aromatic carbocycles. The monoisotopic (exact) mass is 322 g/mol. The highest BCUT2D eigenvalue weighted by molar-refractivity contribution is 5.70. The van der Waals surface area contributed by atoms with Gasteiger partial charge in [0.2, 0.25) is 0 Å². The van der Waals surface area contributed by atoms with Crippen LogP contribution in [0.5, 0.6) is 0 Å². The van der Waals surface area contributed by atoms with Gasteiger partial charge in [0.05, 0.1) is 11.6 Å². The zero-order valence-corrected chi connectivity index (χ0v) is 13.4. The summed E-state index contributed by atoms with van der Waals surface area (Å²) in [5.41, 5.74) is 1.76. The number of piperazine rings is 1. The van der Waals surface area contributed by atoms with E-state index in [-0.39, 0.29) is 23.2 Å². The van der Waals surface area contributed by atoms with Crippen LogP contribution in [0.15, 0.2) is 18.2 Å². The molecule has 2 aliphatic heterocycles. The van der Waals surface area contributed by atoms with Crippen molar-refractivity contribution in [2.24, 2.45) is 5.92 Å². The first-order chi connectivity index (χ1) is 11.1. The molecule has 7 heteroatoms. The number of anilines is 2. The van der Waals surface area contributed by atoms with Gasteiger partial charge >= 0.3 is 0 Å². The third kappa shape index (κ3) is 3.39. The van der Waals surface area contributed by atoms with Crippen molar-refractivity contribution in [3.8, 4) is 0 Å². The van der Waals surface area contributed by atoms with Crippen molar-refractivity contribution < 1.29 is 9.31 Å². The van der Waals surface area contributed by atoms with Gasteiger partial charge in [0, 0.05) is 56.9 Å². The Morgan fingerprint density at radius 1 is 1.22 bits per heavy atom. The largest absolute Gasteiger partial charge is 0.369 e. The number of hydrogen-bond acceptors (Lipinski definition) is 5. The fourth-order valence-electron chi connectivity index (χ4n) is 3.36. The van der Waals surface area contributed by atoms with E-state index in [0.29, 0.717) is 18.8 Å². The number of halogens is 1. The summed E-state index contributed by atoms with van der Waals surface area (Å²) in [6.45, 7) is 4.69. The molecule has 6 nitrogen and oxygen atoms in total. The van der Waals surface area contributed by atoms with Gasteiger partial charge < -0.3 is 14.7 Å². The molecular weight excluding hydrogens is 299 g/mol. The number of nitro groups is 1. The molecule has 2 fully saturated rings. The highest BCUT2D eigenvalue weighted by atomic mass is 19.1. The van der Waals surface area contributed by atoms with Crippen molar-refractivity contribution >= 4 is 17.1 Å². The molecule has 0 amide bonds. The Morgan fingerprint density at radius 3 is 2.57 bits per heavy atom. The molecule has 0 aromatic heterocycles. The van der Waals surface area contributed by atoms with E-state index in [0.717, 1.165) is 38.3 Å². The normalized spacial score (nSPS) is 22.6. The van der Waals surface area contributed by atoms with E-state index < -0.39 is 0 Å². The zero-order valence-electron chi connectivity index (χ0n) is 13.4. The molecule has 1 unspecified atom stereocenters. The molecule has 2 aliphatic rings. The van der Waals surface area contributed by atoms with Crippen LogP contribution in [0.2, 0.25) is 0 Å². The maximum atomic E-state index is 12.9. The van der Waals surface area contributed by atoms with Gasteiger partial charge in [-0.05, 0) is 25.6 Å². The highest BCUT2D eigenvalue weighted by Gasteiger charge is 2.28. The van der Waals surface area contributed by atoms with Crippen LogP contribution < -0.4 is 9.80 Å². The van der Waals surface area contributed by atoms with Crippen LogP contribution in [0.25, 0.3) is 0 Å². The zero-order chi connectivity index (χ0) is 16.4.